The highest BCUT2D eigenvalue weighted by molar-refractivity contribution is 6.31. The van der Waals surface area contributed by atoms with Gasteiger partial charge in [-0.3, -0.25) is 4.79 Å². The molecule has 134 valence electrons. The van der Waals surface area contributed by atoms with E-state index in [-0.39, 0.29) is 11.8 Å². The van der Waals surface area contributed by atoms with Crippen molar-refractivity contribution in [1.82, 2.24) is 15.3 Å². The quantitative estimate of drug-likeness (QED) is 0.517. The van der Waals surface area contributed by atoms with Crippen LogP contribution in [0.5, 0.6) is 11.6 Å². The zero-order chi connectivity index (χ0) is 18.6. The van der Waals surface area contributed by atoms with E-state index in [0.29, 0.717) is 22.9 Å². The number of amides is 1. The Bertz CT molecular complexity index is 1110. The van der Waals surface area contributed by atoms with Crippen LogP contribution in [0, 0.1) is 0 Å². The highest BCUT2D eigenvalue weighted by atomic mass is 35.5. The number of carbonyl (C=O) groups excluding carboxylic acids is 1. The number of nitrogens with one attached hydrogen (secondary N) is 2. The van der Waals surface area contributed by atoms with Gasteiger partial charge in [0, 0.05) is 34.9 Å². The number of aromatic nitrogens is 2. The highest BCUT2D eigenvalue weighted by Crippen LogP contribution is 2.30. The molecule has 0 saturated carbocycles. The molecule has 0 bridgehead atoms. The zero-order valence-electron chi connectivity index (χ0n) is 14.3. The van der Waals surface area contributed by atoms with E-state index >= 15 is 0 Å². The van der Waals surface area contributed by atoms with Crippen LogP contribution < -0.4 is 10.1 Å². The lowest BCUT2D eigenvalue weighted by molar-refractivity contribution is 0.0948. The molecule has 2 aromatic carbocycles. The van der Waals surface area contributed by atoms with Gasteiger partial charge in [-0.1, -0.05) is 35.9 Å². The van der Waals surface area contributed by atoms with Crippen LogP contribution in [0.4, 0.5) is 0 Å². The number of H-pyrrole nitrogens is 1. The van der Waals surface area contributed by atoms with Gasteiger partial charge in [0.1, 0.15) is 11.3 Å². The Morgan fingerprint density at radius 2 is 1.96 bits per heavy atom. The number of fused-ring (bicyclic) bond motifs is 1. The molecule has 0 fully saturated rings. The summed E-state index contributed by atoms with van der Waals surface area (Å²) in [6.07, 6.45) is 3.44. The van der Waals surface area contributed by atoms with Crippen molar-refractivity contribution in [2.45, 2.75) is 6.54 Å². The molecule has 1 amide bonds. The third-order valence-corrected chi connectivity index (χ3v) is 4.54. The fourth-order valence-corrected chi connectivity index (χ4v) is 3.01. The van der Waals surface area contributed by atoms with Gasteiger partial charge in [-0.15, -0.1) is 0 Å². The van der Waals surface area contributed by atoms with Crippen LogP contribution in [-0.4, -0.2) is 15.9 Å². The first-order chi connectivity index (χ1) is 13.2. The lowest BCUT2D eigenvalue weighted by Crippen LogP contribution is -2.23. The SMILES string of the molecule is O=C(NCc1ccccc1Cl)c1cccnc1Oc1cccc2[nH]ccc12. The fourth-order valence-electron chi connectivity index (χ4n) is 2.81. The van der Waals surface area contributed by atoms with Crippen LogP contribution in [0.25, 0.3) is 10.9 Å². The van der Waals surface area contributed by atoms with Gasteiger partial charge in [0.05, 0.1) is 0 Å². The number of halogens is 1. The number of hydrogen-bond acceptors (Lipinski definition) is 3. The first-order valence-electron chi connectivity index (χ1n) is 8.43. The summed E-state index contributed by atoms with van der Waals surface area (Å²) >= 11 is 6.15. The molecule has 27 heavy (non-hydrogen) atoms. The molecular weight excluding hydrogens is 362 g/mol. The maximum Gasteiger partial charge on any atom is 0.257 e. The minimum atomic E-state index is -0.278. The number of aromatic amines is 1. The molecule has 0 aliphatic heterocycles. The predicted molar refractivity (Wildman–Crippen MR) is 105 cm³/mol. The summed E-state index contributed by atoms with van der Waals surface area (Å²) in [6.45, 7) is 0.320. The van der Waals surface area contributed by atoms with Crippen LogP contribution in [0.1, 0.15) is 15.9 Å². The van der Waals surface area contributed by atoms with Gasteiger partial charge in [-0.05, 0) is 42.0 Å². The van der Waals surface area contributed by atoms with Crippen LogP contribution in [0.3, 0.4) is 0 Å². The number of rotatable bonds is 5. The van der Waals surface area contributed by atoms with Crippen LogP contribution in [-0.2, 0) is 6.54 Å². The Hall–Kier alpha value is -3.31. The van der Waals surface area contributed by atoms with Gasteiger partial charge >= 0.3 is 0 Å². The lowest BCUT2D eigenvalue weighted by Gasteiger charge is -2.11. The van der Waals surface area contributed by atoms with Crippen molar-refractivity contribution in [3.05, 3.63) is 89.2 Å². The molecule has 4 aromatic rings. The number of nitrogens with zero attached hydrogens (tertiary/aromatic N) is 1. The smallest absolute Gasteiger partial charge is 0.257 e. The molecule has 0 atom stereocenters. The largest absolute Gasteiger partial charge is 0.437 e. The highest BCUT2D eigenvalue weighted by Gasteiger charge is 2.15. The van der Waals surface area contributed by atoms with Gasteiger partial charge in [0.2, 0.25) is 5.88 Å². The molecule has 0 aliphatic carbocycles. The average Bonchev–Trinajstić information content (AvgIpc) is 3.17. The standard InChI is InChI=1S/C21H16ClN3O2/c22-17-7-2-1-5-14(17)13-25-20(26)16-6-4-11-24-21(16)27-19-9-3-8-18-15(19)10-12-23-18/h1-12,23H,13H2,(H,25,26). The topological polar surface area (TPSA) is 67.0 Å². The molecule has 2 aromatic heterocycles. The lowest BCUT2D eigenvalue weighted by atomic mass is 10.2. The molecule has 0 spiro atoms. The van der Waals surface area contributed by atoms with Crippen molar-refractivity contribution in [1.29, 1.82) is 0 Å². The summed E-state index contributed by atoms with van der Waals surface area (Å²) in [4.78, 5) is 20.0. The van der Waals surface area contributed by atoms with Gasteiger partial charge in [-0.2, -0.15) is 0 Å². The average molecular weight is 378 g/mol. The maximum atomic E-state index is 12.7. The molecule has 0 unspecified atom stereocenters. The van der Waals surface area contributed by atoms with Crippen molar-refractivity contribution in [3.63, 3.8) is 0 Å². The van der Waals surface area contributed by atoms with Crippen molar-refractivity contribution in [2.24, 2.45) is 0 Å². The number of benzene rings is 2. The molecule has 2 heterocycles. The van der Waals surface area contributed by atoms with Crippen molar-refractivity contribution >= 4 is 28.4 Å². The van der Waals surface area contributed by atoms with E-state index < -0.39 is 0 Å². The molecule has 2 N–H and O–H groups in total. The number of pyridine rings is 1. The Morgan fingerprint density at radius 1 is 1.07 bits per heavy atom. The van der Waals surface area contributed by atoms with Crippen LogP contribution >= 0.6 is 11.6 Å². The number of carbonyl (C=O) groups is 1. The second kappa shape index (κ2) is 7.51. The summed E-state index contributed by atoms with van der Waals surface area (Å²) in [6, 6.07) is 18.4. The van der Waals surface area contributed by atoms with Crippen molar-refractivity contribution < 1.29 is 9.53 Å². The second-order valence-corrected chi connectivity index (χ2v) is 6.33. The first-order valence-corrected chi connectivity index (χ1v) is 8.81. The van der Waals surface area contributed by atoms with E-state index in [1.54, 1.807) is 24.4 Å². The van der Waals surface area contributed by atoms with Crippen LogP contribution in [0.15, 0.2) is 73.1 Å². The van der Waals surface area contributed by atoms with Gasteiger partial charge in [-0.25, -0.2) is 4.98 Å². The van der Waals surface area contributed by atoms with E-state index in [1.165, 1.54) is 0 Å². The molecule has 0 saturated heterocycles. The van der Waals surface area contributed by atoms with E-state index in [1.807, 2.05) is 48.7 Å². The van der Waals surface area contributed by atoms with E-state index in [0.717, 1.165) is 16.5 Å². The summed E-state index contributed by atoms with van der Waals surface area (Å²) in [5.74, 6) is 0.606. The first kappa shape index (κ1) is 17.1. The van der Waals surface area contributed by atoms with E-state index in [2.05, 4.69) is 15.3 Å². The van der Waals surface area contributed by atoms with Gasteiger partial charge < -0.3 is 15.0 Å². The molecule has 6 heteroatoms. The molecule has 0 radical (unpaired) electrons. The Morgan fingerprint density at radius 3 is 2.85 bits per heavy atom. The van der Waals surface area contributed by atoms with Crippen molar-refractivity contribution in [2.75, 3.05) is 0 Å². The predicted octanol–water partition coefficient (Wildman–Crippen LogP) is 4.94. The normalized spacial score (nSPS) is 10.7. The third kappa shape index (κ3) is 3.64. The summed E-state index contributed by atoms with van der Waals surface area (Å²) < 4.78 is 5.96. The monoisotopic (exact) mass is 377 g/mol. The minimum absolute atomic E-state index is 0.253. The molecule has 0 aliphatic rings. The second-order valence-electron chi connectivity index (χ2n) is 5.93. The Labute approximate surface area is 161 Å². The van der Waals surface area contributed by atoms with E-state index in [4.69, 9.17) is 16.3 Å². The summed E-state index contributed by atoms with van der Waals surface area (Å²) in [5.41, 5.74) is 2.15. The number of ether oxygens (including phenoxy) is 1. The minimum Gasteiger partial charge on any atom is -0.437 e. The zero-order valence-corrected chi connectivity index (χ0v) is 15.0. The molecule has 4 rings (SSSR count). The molecular formula is C21H16ClN3O2. The van der Waals surface area contributed by atoms with E-state index in [9.17, 15) is 4.79 Å². The number of hydrogen-bond donors (Lipinski definition) is 2. The Balaban J connectivity index is 1.56. The fraction of sp³-hybridized carbons (Fsp3) is 0.0476. The van der Waals surface area contributed by atoms with Gasteiger partial charge in [0.15, 0.2) is 0 Å². The van der Waals surface area contributed by atoms with Crippen molar-refractivity contribution in [3.8, 4) is 11.6 Å². The summed E-state index contributed by atoms with van der Waals surface area (Å²) in [7, 11) is 0. The third-order valence-electron chi connectivity index (χ3n) is 4.17. The maximum absolute atomic E-state index is 12.7. The van der Waals surface area contributed by atoms with Crippen LogP contribution in [0.2, 0.25) is 5.02 Å². The Kier molecular flexibility index (Phi) is 4.77. The van der Waals surface area contributed by atoms with Gasteiger partial charge in [0.25, 0.3) is 5.91 Å². The molecule has 5 nitrogen and oxygen atoms in total. The summed E-state index contributed by atoms with van der Waals surface area (Å²) in [5, 5.41) is 4.40.